The lowest BCUT2D eigenvalue weighted by Crippen LogP contribution is -2.16. The second-order valence-corrected chi connectivity index (χ2v) is 5.60. The highest BCUT2D eigenvalue weighted by atomic mass is 16.5. The van der Waals surface area contributed by atoms with Crippen LogP contribution in [0.4, 0.5) is 0 Å². The molecule has 1 atom stereocenters. The number of rotatable bonds is 6. The summed E-state index contributed by atoms with van der Waals surface area (Å²) in [7, 11) is 0. The molecule has 0 aromatic heterocycles. The highest BCUT2D eigenvalue weighted by Crippen LogP contribution is 2.30. The fraction of sp³-hybridized carbons (Fsp3) is 0.368. The zero-order chi connectivity index (χ0) is 15.2. The van der Waals surface area contributed by atoms with E-state index in [2.05, 4.69) is 56.3 Å². The van der Waals surface area contributed by atoms with Crippen molar-refractivity contribution in [1.82, 2.24) is 0 Å². The molecule has 2 heteroatoms. The van der Waals surface area contributed by atoms with Gasteiger partial charge in [0.1, 0.15) is 5.75 Å². The Morgan fingerprint density at radius 2 is 1.67 bits per heavy atom. The predicted molar refractivity (Wildman–Crippen MR) is 89.0 cm³/mol. The Labute approximate surface area is 127 Å². The summed E-state index contributed by atoms with van der Waals surface area (Å²) in [6.45, 7) is 7.53. The average molecular weight is 283 g/mol. The Morgan fingerprint density at radius 3 is 2.29 bits per heavy atom. The molecule has 0 saturated carbocycles. The number of hydrogen-bond acceptors (Lipinski definition) is 2. The number of nitrogens with two attached hydrogens (primary N) is 1. The van der Waals surface area contributed by atoms with Crippen LogP contribution in [0.3, 0.4) is 0 Å². The predicted octanol–water partition coefficient (Wildman–Crippen LogP) is 3.99. The molecular weight excluding hydrogens is 258 g/mol. The van der Waals surface area contributed by atoms with Crippen molar-refractivity contribution in [1.29, 1.82) is 0 Å². The van der Waals surface area contributed by atoms with E-state index in [-0.39, 0.29) is 5.92 Å². The van der Waals surface area contributed by atoms with Crippen molar-refractivity contribution in [3.8, 4) is 5.75 Å². The van der Waals surface area contributed by atoms with Gasteiger partial charge in [0.2, 0.25) is 0 Å². The maximum Gasteiger partial charge on any atom is 0.122 e. The maximum absolute atomic E-state index is 6.04. The van der Waals surface area contributed by atoms with Crippen molar-refractivity contribution in [2.24, 2.45) is 5.73 Å². The summed E-state index contributed by atoms with van der Waals surface area (Å²) in [6.07, 6.45) is 0.945. The van der Waals surface area contributed by atoms with Crippen LogP contribution in [0.25, 0.3) is 0 Å². The molecule has 112 valence electrons. The van der Waals surface area contributed by atoms with Gasteiger partial charge in [0, 0.05) is 5.92 Å². The monoisotopic (exact) mass is 283 g/mol. The van der Waals surface area contributed by atoms with Crippen LogP contribution in [-0.2, 0) is 6.42 Å². The highest BCUT2D eigenvalue weighted by molar-refractivity contribution is 5.40. The molecule has 2 N–H and O–H groups in total. The number of hydrogen-bond donors (Lipinski definition) is 1. The number of aryl methyl sites for hydroxylation is 2. The molecule has 21 heavy (non-hydrogen) atoms. The number of benzene rings is 2. The van der Waals surface area contributed by atoms with Gasteiger partial charge in [-0.25, -0.2) is 0 Å². The van der Waals surface area contributed by atoms with E-state index in [1.807, 2.05) is 6.92 Å². The van der Waals surface area contributed by atoms with Crippen LogP contribution < -0.4 is 10.5 Å². The van der Waals surface area contributed by atoms with Gasteiger partial charge in [-0.2, -0.15) is 0 Å². The first-order valence-electron chi connectivity index (χ1n) is 7.63. The average Bonchev–Trinajstić information content (AvgIpc) is 2.49. The van der Waals surface area contributed by atoms with E-state index in [4.69, 9.17) is 10.5 Å². The largest absolute Gasteiger partial charge is 0.494 e. The number of ether oxygens (including phenoxy) is 1. The molecule has 0 bridgehead atoms. The third kappa shape index (κ3) is 4.08. The Morgan fingerprint density at radius 1 is 1.00 bits per heavy atom. The summed E-state index contributed by atoms with van der Waals surface area (Å²) in [5, 5.41) is 0. The molecule has 0 saturated heterocycles. The van der Waals surface area contributed by atoms with Crippen molar-refractivity contribution < 1.29 is 4.74 Å². The molecule has 0 spiro atoms. The lowest BCUT2D eigenvalue weighted by molar-refractivity contribution is 0.334. The van der Waals surface area contributed by atoms with Crippen LogP contribution in [-0.4, -0.2) is 13.2 Å². The van der Waals surface area contributed by atoms with Gasteiger partial charge in [-0.05, 0) is 50.9 Å². The van der Waals surface area contributed by atoms with Gasteiger partial charge in [-0.3, -0.25) is 0 Å². The standard InChI is InChI=1S/C19H25NO/c1-4-21-19-10-7-15(3)11-18(19)17(13-20)12-16-8-5-14(2)6-9-16/h5-11,17H,4,12-13,20H2,1-3H3. The molecular formula is C19H25NO. The third-order valence-corrected chi connectivity index (χ3v) is 3.79. The van der Waals surface area contributed by atoms with Crippen molar-refractivity contribution >= 4 is 0 Å². The second kappa shape index (κ2) is 7.28. The fourth-order valence-electron chi connectivity index (χ4n) is 2.60. The van der Waals surface area contributed by atoms with Crippen molar-refractivity contribution in [2.45, 2.75) is 33.1 Å². The lowest BCUT2D eigenvalue weighted by atomic mass is 9.90. The minimum Gasteiger partial charge on any atom is -0.494 e. The van der Waals surface area contributed by atoms with Crippen molar-refractivity contribution in [3.05, 3.63) is 64.7 Å². The molecule has 0 aliphatic heterocycles. The summed E-state index contributed by atoms with van der Waals surface area (Å²) in [5.41, 5.74) is 11.1. The van der Waals surface area contributed by atoms with Gasteiger partial charge in [-0.15, -0.1) is 0 Å². The topological polar surface area (TPSA) is 35.2 Å². The van der Waals surface area contributed by atoms with Gasteiger partial charge in [0.05, 0.1) is 6.61 Å². The lowest BCUT2D eigenvalue weighted by Gasteiger charge is -2.20. The van der Waals surface area contributed by atoms with E-state index >= 15 is 0 Å². The summed E-state index contributed by atoms with van der Waals surface area (Å²) in [5.74, 6) is 1.25. The first-order valence-corrected chi connectivity index (χ1v) is 7.63. The summed E-state index contributed by atoms with van der Waals surface area (Å²) < 4.78 is 5.78. The first kappa shape index (κ1) is 15.6. The van der Waals surface area contributed by atoms with E-state index in [0.717, 1.165) is 12.2 Å². The van der Waals surface area contributed by atoms with Crippen molar-refractivity contribution in [3.63, 3.8) is 0 Å². The molecule has 0 fully saturated rings. The Bertz CT molecular complexity index is 575. The zero-order valence-electron chi connectivity index (χ0n) is 13.2. The molecule has 0 amide bonds. The van der Waals surface area contributed by atoms with Gasteiger partial charge in [0.25, 0.3) is 0 Å². The third-order valence-electron chi connectivity index (χ3n) is 3.79. The van der Waals surface area contributed by atoms with Crippen LogP contribution >= 0.6 is 0 Å². The van der Waals surface area contributed by atoms with Crippen LogP contribution in [0.2, 0.25) is 0 Å². The van der Waals surface area contributed by atoms with Crippen LogP contribution in [0.1, 0.15) is 35.1 Å². The molecule has 0 radical (unpaired) electrons. The molecule has 2 rings (SSSR count). The molecule has 2 aromatic carbocycles. The minimum atomic E-state index is 0.286. The minimum absolute atomic E-state index is 0.286. The van der Waals surface area contributed by atoms with Gasteiger partial charge >= 0.3 is 0 Å². The normalized spacial score (nSPS) is 12.2. The fourth-order valence-corrected chi connectivity index (χ4v) is 2.60. The van der Waals surface area contributed by atoms with E-state index in [9.17, 15) is 0 Å². The molecule has 1 unspecified atom stereocenters. The Balaban J connectivity index is 2.27. The van der Waals surface area contributed by atoms with E-state index in [0.29, 0.717) is 13.2 Å². The molecule has 0 aliphatic carbocycles. The molecule has 0 aliphatic rings. The summed E-state index contributed by atoms with van der Waals surface area (Å²) in [4.78, 5) is 0. The Kier molecular flexibility index (Phi) is 5.40. The van der Waals surface area contributed by atoms with Crippen LogP contribution in [0.5, 0.6) is 5.75 Å². The van der Waals surface area contributed by atoms with Crippen LogP contribution in [0.15, 0.2) is 42.5 Å². The summed E-state index contributed by atoms with van der Waals surface area (Å²) >= 11 is 0. The molecule has 2 nitrogen and oxygen atoms in total. The summed E-state index contributed by atoms with van der Waals surface area (Å²) in [6, 6.07) is 15.0. The molecule has 0 heterocycles. The highest BCUT2D eigenvalue weighted by Gasteiger charge is 2.16. The Hall–Kier alpha value is -1.80. The smallest absolute Gasteiger partial charge is 0.122 e. The van der Waals surface area contributed by atoms with E-state index < -0.39 is 0 Å². The zero-order valence-corrected chi connectivity index (χ0v) is 13.2. The van der Waals surface area contributed by atoms with E-state index in [1.54, 1.807) is 0 Å². The van der Waals surface area contributed by atoms with Crippen molar-refractivity contribution in [2.75, 3.05) is 13.2 Å². The second-order valence-electron chi connectivity index (χ2n) is 5.60. The maximum atomic E-state index is 6.04. The first-order chi connectivity index (χ1) is 10.1. The SMILES string of the molecule is CCOc1ccc(C)cc1C(CN)Cc1ccc(C)cc1. The quantitative estimate of drug-likeness (QED) is 0.870. The molecule has 2 aromatic rings. The van der Waals surface area contributed by atoms with Gasteiger partial charge < -0.3 is 10.5 Å². The van der Waals surface area contributed by atoms with Crippen LogP contribution in [0, 0.1) is 13.8 Å². The van der Waals surface area contributed by atoms with Gasteiger partial charge in [0.15, 0.2) is 0 Å². The van der Waals surface area contributed by atoms with E-state index in [1.165, 1.54) is 22.3 Å². The van der Waals surface area contributed by atoms with Gasteiger partial charge in [-0.1, -0.05) is 47.5 Å².